The van der Waals surface area contributed by atoms with Gasteiger partial charge in [-0.3, -0.25) is 4.79 Å². The zero-order valence-electron chi connectivity index (χ0n) is 10.2. The van der Waals surface area contributed by atoms with Crippen molar-refractivity contribution in [1.29, 1.82) is 0 Å². The minimum Gasteiger partial charge on any atom is -0.389 e. The predicted octanol–water partition coefficient (Wildman–Crippen LogP) is 3.99. The van der Waals surface area contributed by atoms with Crippen LogP contribution in [0.1, 0.15) is 15.9 Å². The number of anilines is 1. The molecule has 0 aliphatic heterocycles. The second-order valence-electron chi connectivity index (χ2n) is 4.02. The highest BCUT2D eigenvalue weighted by molar-refractivity contribution is 9.10. The summed E-state index contributed by atoms with van der Waals surface area (Å²) in [4.78, 5) is 12.4. The molecule has 1 amide bonds. The lowest BCUT2D eigenvalue weighted by Gasteiger charge is -2.10. The number of halogens is 2. The van der Waals surface area contributed by atoms with Crippen molar-refractivity contribution < 1.29 is 4.79 Å². The molecular formula is C14H10BrClN2OS. The lowest BCUT2D eigenvalue weighted by atomic mass is 10.1. The number of nitrogens with two attached hydrogens (primary N) is 1. The second kappa shape index (κ2) is 6.35. The average Bonchev–Trinajstić information content (AvgIpc) is 2.39. The van der Waals surface area contributed by atoms with Crippen molar-refractivity contribution in [2.45, 2.75) is 0 Å². The van der Waals surface area contributed by atoms with Gasteiger partial charge in [0.05, 0.1) is 5.69 Å². The summed E-state index contributed by atoms with van der Waals surface area (Å²) in [6, 6.07) is 12.0. The third-order valence-electron chi connectivity index (χ3n) is 2.60. The summed E-state index contributed by atoms with van der Waals surface area (Å²) < 4.78 is 0.903. The molecule has 2 aromatic rings. The third kappa shape index (κ3) is 3.56. The lowest BCUT2D eigenvalue weighted by molar-refractivity contribution is 0.102. The Morgan fingerprint density at radius 1 is 1.20 bits per heavy atom. The first-order valence-corrected chi connectivity index (χ1v) is 7.21. The monoisotopic (exact) mass is 368 g/mol. The molecular weight excluding hydrogens is 360 g/mol. The Kier molecular flexibility index (Phi) is 4.75. The maximum atomic E-state index is 12.2. The minimum absolute atomic E-state index is 0.202. The summed E-state index contributed by atoms with van der Waals surface area (Å²) >= 11 is 14.2. The Hall–Kier alpha value is -1.43. The van der Waals surface area contributed by atoms with E-state index in [1.165, 1.54) is 0 Å². The summed E-state index contributed by atoms with van der Waals surface area (Å²) in [5, 5.41) is 3.26. The quantitative estimate of drug-likeness (QED) is 0.804. The maximum Gasteiger partial charge on any atom is 0.255 e. The smallest absolute Gasteiger partial charge is 0.255 e. The first-order chi connectivity index (χ1) is 9.47. The van der Waals surface area contributed by atoms with Crippen molar-refractivity contribution >= 4 is 56.3 Å². The van der Waals surface area contributed by atoms with Crippen molar-refractivity contribution in [3.8, 4) is 0 Å². The molecule has 102 valence electrons. The molecule has 0 aliphatic carbocycles. The third-order valence-corrected chi connectivity index (χ3v) is 3.59. The van der Waals surface area contributed by atoms with E-state index >= 15 is 0 Å². The SMILES string of the molecule is NC(=S)c1ccc(Cl)cc1NC(=O)c1ccc(Br)cc1. The zero-order chi connectivity index (χ0) is 14.7. The Morgan fingerprint density at radius 2 is 1.85 bits per heavy atom. The molecule has 0 saturated carbocycles. The van der Waals surface area contributed by atoms with Crippen LogP contribution in [0.25, 0.3) is 0 Å². The highest BCUT2D eigenvalue weighted by Crippen LogP contribution is 2.22. The van der Waals surface area contributed by atoms with Crippen LogP contribution in [0.15, 0.2) is 46.9 Å². The number of rotatable bonds is 3. The van der Waals surface area contributed by atoms with Gasteiger partial charge in [-0.05, 0) is 42.5 Å². The van der Waals surface area contributed by atoms with Crippen molar-refractivity contribution in [2.75, 3.05) is 5.32 Å². The van der Waals surface area contributed by atoms with Crippen LogP contribution in [0, 0.1) is 0 Å². The molecule has 0 saturated heterocycles. The molecule has 0 atom stereocenters. The topological polar surface area (TPSA) is 55.1 Å². The van der Waals surface area contributed by atoms with Crippen molar-refractivity contribution in [2.24, 2.45) is 5.73 Å². The van der Waals surface area contributed by atoms with E-state index in [0.29, 0.717) is 21.8 Å². The normalized spacial score (nSPS) is 10.1. The molecule has 6 heteroatoms. The van der Waals surface area contributed by atoms with Gasteiger partial charge in [0, 0.05) is 20.6 Å². The molecule has 0 heterocycles. The van der Waals surface area contributed by atoms with Crippen molar-refractivity contribution in [1.82, 2.24) is 0 Å². The highest BCUT2D eigenvalue weighted by atomic mass is 79.9. The largest absolute Gasteiger partial charge is 0.389 e. The van der Waals surface area contributed by atoms with E-state index in [9.17, 15) is 4.79 Å². The molecule has 20 heavy (non-hydrogen) atoms. The van der Waals surface area contributed by atoms with E-state index in [4.69, 9.17) is 29.6 Å². The second-order valence-corrected chi connectivity index (χ2v) is 5.81. The van der Waals surface area contributed by atoms with E-state index in [0.717, 1.165) is 4.47 Å². The van der Waals surface area contributed by atoms with Crippen LogP contribution in [0.4, 0.5) is 5.69 Å². The number of carbonyl (C=O) groups excluding carboxylic acids is 1. The average molecular weight is 370 g/mol. The van der Waals surface area contributed by atoms with Gasteiger partial charge < -0.3 is 11.1 Å². The molecule has 2 rings (SSSR count). The minimum atomic E-state index is -0.253. The van der Waals surface area contributed by atoms with Gasteiger partial charge in [-0.15, -0.1) is 0 Å². The molecule has 0 unspecified atom stereocenters. The van der Waals surface area contributed by atoms with Gasteiger partial charge in [-0.1, -0.05) is 39.7 Å². The van der Waals surface area contributed by atoms with Crippen LogP contribution >= 0.6 is 39.7 Å². The van der Waals surface area contributed by atoms with Gasteiger partial charge in [0.25, 0.3) is 5.91 Å². The van der Waals surface area contributed by atoms with Crippen LogP contribution in [-0.2, 0) is 0 Å². The highest BCUT2D eigenvalue weighted by Gasteiger charge is 2.11. The van der Waals surface area contributed by atoms with Crippen LogP contribution in [0.5, 0.6) is 0 Å². The van der Waals surface area contributed by atoms with Crippen LogP contribution in [0.2, 0.25) is 5.02 Å². The molecule has 0 bridgehead atoms. The standard InChI is InChI=1S/C14H10BrClN2OS/c15-9-3-1-8(2-4-9)14(19)18-12-7-10(16)5-6-11(12)13(17)20/h1-7H,(H2,17,20)(H,18,19). The molecule has 0 fully saturated rings. The number of carbonyl (C=O) groups is 1. The molecule has 3 N–H and O–H groups in total. The van der Waals surface area contributed by atoms with Crippen molar-refractivity contribution in [3.05, 3.63) is 63.1 Å². The Bertz CT molecular complexity index is 673. The summed E-state index contributed by atoms with van der Waals surface area (Å²) in [6.07, 6.45) is 0. The molecule has 0 aromatic heterocycles. The molecule has 3 nitrogen and oxygen atoms in total. The van der Waals surface area contributed by atoms with E-state index in [-0.39, 0.29) is 10.9 Å². The van der Waals surface area contributed by atoms with Crippen LogP contribution in [-0.4, -0.2) is 10.9 Å². The summed E-state index contributed by atoms with van der Waals surface area (Å²) in [5.41, 5.74) is 7.24. The summed E-state index contributed by atoms with van der Waals surface area (Å²) in [5.74, 6) is -0.253. The number of nitrogens with one attached hydrogen (secondary N) is 1. The number of benzene rings is 2. The Balaban J connectivity index is 2.29. The van der Waals surface area contributed by atoms with Crippen molar-refractivity contribution in [3.63, 3.8) is 0 Å². The fourth-order valence-corrected chi connectivity index (χ4v) is 2.24. The van der Waals surface area contributed by atoms with Crippen LogP contribution < -0.4 is 11.1 Å². The molecule has 0 spiro atoms. The van der Waals surface area contributed by atoms with Gasteiger partial charge in [0.15, 0.2) is 0 Å². The molecule has 0 radical (unpaired) electrons. The van der Waals surface area contributed by atoms with E-state index in [1.807, 2.05) is 0 Å². The number of thiocarbonyl (C=S) groups is 1. The number of hydrogen-bond donors (Lipinski definition) is 2. The van der Waals surface area contributed by atoms with Crippen LogP contribution in [0.3, 0.4) is 0 Å². The lowest BCUT2D eigenvalue weighted by Crippen LogP contribution is -2.17. The predicted molar refractivity (Wildman–Crippen MR) is 89.4 cm³/mol. The van der Waals surface area contributed by atoms with Gasteiger partial charge in [0.1, 0.15) is 4.99 Å². The van der Waals surface area contributed by atoms with Gasteiger partial charge >= 0.3 is 0 Å². The molecule has 2 aromatic carbocycles. The van der Waals surface area contributed by atoms with Gasteiger partial charge in [-0.25, -0.2) is 0 Å². The number of hydrogen-bond acceptors (Lipinski definition) is 2. The Labute approximate surface area is 135 Å². The fraction of sp³-hybridized carbons (Fsp3) is 0. The van der Waals surface area contributed by atoms with E-state index < -0.39 is 0 Å². The number of amides is 1. The fourth-order valence-electron chi connectivity index (χ4n) is 1.63. The van der Waals surface area contributed by atoms with Gasteiger partial charge in [0.2, 0.25) is 0 Å². The summed E-state index contributed by atoms with van der Waals surface area (Å²) in [6.45, 7) is 0. The first-order valence-electron chi connectivity index (χ1n) is 5.63. The summed E-state index contributed by atoms with van der Waals surface area (Å²) in [7, 11) is 0. The molecule has 0 aliphatic rings. The van der Waals surface area contributed by atoms with E-state index in [2.05, 4.69) is 21.2 Å². The zero-order valence-corrected chi connectivity index (χ0v) is 13.3. The maximum absolute atomic E-state index is 12.2. The first kappa shape index (κ1) is 15.0. The van der Waals surface area contributed by atoms with Gasteiger partial charge in [-0.2, -0.15) is 0 Å². The van der Waals surface area contributed by atoms with E-state index in [1.54, 1.807) is 42.5 Å². The Morgan fingerprint density at radius 3 is 2.45 bits per heavy atom.